The zero-order valence-electron chi connectivity index (χ0n) is 52.7. The lowest BCUT2D eigenvalue weighted by molar-refractivity contribution is -0.140. The van der Waals surface area contributed by atoms with Crippen LogP contribution in [0.15, 0.2) is 72.8 Å². The molecule has 24 nitrogen and oxygen atoms in total. The van der Waals surface area contributed by atoms with E-state index in [9.17, 15) is 60.3 Å². The highest BCUT2D eigenvalue weighted by Gasteiger charge is 2.42. The lowest BCUT2D eigenvalue weighted by Crippen LogP contribution is -2.32. The summed E-state index contributed by atoms with van der Waals surface area (Å²) in [7, 11) is 5.61. The Labute approximate surface area is 528 Å². The van der Waals surface area contributed by atoms with Crippen molar-refractivity contribution in [2.24, 2.45) is 11.8 Å². The minimum atomic E-state index is -1.50. The van der Waals surface area contributed by atoms with E-state index in [0.717, 1.165) is 6.08 Å². The van der Waals surface area contributed by atoms with E-state index >= 15 is 0 Å². The number of aliphatic hydroxyl groups excluding tert-OH is 9. The number of carbonyl (C=O) groups is 3. The summed E-state index contributed by atoms with van der Waals surface area (Å²) >= 11 is 0. The second-order valence-electron chi connectivity index (χ2n) is 22.3. The van der Waals surface area contributed by atoms with Crippen LogP contribution in [0.2, 0.25) is 0 Å². The largest absolute Gasteiger partial charge is 0.493 e. The zero-order valence-corrected chi connectivity index (χ0v) is 52.7. The van der Waals surface area contributed by atoms with Gasteiger partial charge in [0.25, 0.3) is 0 Å². The molecule has 0 spiro atoms. The smallest absolute Gasteiger partial charge is 0.330 e. The summed E-state index contributed by atoms with van der Waals surface area (Å²) in [5, 5.41) is 93.1. The van der Waals surface area contributed by atoms with Crippen LogP contribution in [0.5, 0.6) is 57.5 Å². The summed E-state index contributed by atoms with van der Waals surface area (Å²) in [5.74, 6) is -2.58. The summed E-state index contributed by atoms with van der Waals surface area (Å²) in [6.07, 6.45) is -3.47. The van der Waals surface area contributed by atoms with Crippen LogP contribution in [-0.4, -0.2) is 188 Å². The number of ketones is 2. The molecule has 0 aliphatic carbocycles. The molecule has 0 bridgehead atoms. The predicted molar refractivity (Wildman–Crippen MR) is 330 cm³/mol. The average molecular weight is 1280 g/mol. The molecule has 9 unspecified atom stereocenters. The fourth-order valence-corrected chi connectivity index (χ4v) is 10.4. The van der Waals surface area contributed by atoms with Crippen molar-refractivity contribution in [3.8, 4) is 57.5 Å². The predicted octanol–water partition coefficient (Wildman–Crippen LogP) is 4.98. The second kappa shape index (κ2) is 35.3. The first-order chi connectivity index (χ1) is 43.6. The van der Waals surface area contributed by atoms with Crippen molar-refractivity contribution in [1.82, 2.24) is 0 Å². The number of benzene rings is 5. The number of rotatable bonds is 38. The zero-order chi connectivity index (χ0) is 66.5. The molecule has 9 atom stereocenters. The number of hydrogen-bond donors (Lipinski definition) is 9. The molecule has 0 aromatic heterocycles. The summed E-state index contributed by atoms with van der Waals surface area (Å²) < 4.78 is 72.3. The molecule has 1 fully saturated rings. The van der Waals surface area contributed by atoms with Gasteiger partial charge in [-0.15, -0.1) is 0 Å². The molecule has 0 radical (unpaired) electrons. The van der Waals surface area contributed by atoms with E-state index < -0.39 is 105 Å². The Balaban J connectivity index is 1.54. The molecule has 1 heterocycles. The number of methoxy groups -OCH3 is 4. The fraction of sp³-hybridized carbons (Fsp3) is 0.478. The highest BCUT2D eigenvalue weighted by molar-refractivity contribution is 6.00. The molecule has 5 aromatic carbocycles. The maximum absolute atomic E-state index is 14.4. The first-order valence-electron chi connectivity index (χ1n) is 29.7. The molecule has 1 saturated heterocycles. The van der Waals surface area contributed by atoms with E-state index in [0.29, 0.717) is 33.6 Å². The van der Waals surface area contributed by atoms with Gasteiger partial charge in [0.05, 0.1) is 105 Å². The molecule has 0 amide bonds. The summed E-state index contributed by atoms with van der Waals surface area (Å²) in [4.78, 5) is 40.9. The van der Waals surface area contributed by atoms with E-state index in [1.54, 1.807) is 55.5 Å². The van der Waals surface area contributed by atoms with Crippen molar-refractivity contribution in [3.63, 3.8) is 0 Å². The number of carbonyl (C=O) groups excluding carboxylic acids is 3. The SMILES string of the molecule is COc1cc(C(c2c(CC(=O)COCC(C)O)cc(Oc3c(CO)cc(C=CC(=O)OCC(C)O)cc3OC)c(OCC(C)O)c2OC)C2COCC2Cc2cc(CO)c(OC(CO)C(=O)c3ccc(OCC(C)O)c(CO)c3)c(OC)c2)ccc1OCC(C)O. The van der Waals surface area contributed by atoms with Crippen molar-refractivity contribution in [2.75, 3.05) is 87.9 Å². The van der Waals surface area contributed by atoms with Crippen LogP contribution >= 0.6 is 0 Å². The van der Waals surface area contributed by atoms with Gasteiger partial charge < -0.3 is 103 Å². The van der Waals surface area contributed by atoms with E-state index in [1.165, 1.54) is 80.4 Å². The van der Waals surface area contributed by atoms with Crippen LogP contribution in [0.25, 0.3) is 6.08 Å². The molecule has 498 valence electrons. The van der Waals surface area contributed by atoms with Crippen molar-refractivity contribution in [3.05, 3.63) is 123 Å². The van der Waals surface area contributed by atoms with Crippen molar-refractivity contribution < 1.29 is 117 Å². The molecular formula is C67H86O24. The molecule has 6 rings (SSSR count). The van der Waals surface area contributed by atoms with Gasteiger partial charge in [-0.25, -0.2) is 4.79 Å². The third-order valence-corrected chi connectivity index (χ3v) is 14.5. The van der Waals surface area contributed by atoms with Gasteiger partial charge in [0, 0.05) is 46.2 Å². The molecule has 1 aliphatic rings. The number of Topliss-reactive ketones (excluding diaryl/α,β-unsaturated/α-hetero) is 2. The van der Waals surface area contributed by atoms with E-state index in [-0.39, 0.29) is 133 Å². The Kier molecular flexibility index (Phi) is 28.1. The lowest BCUT2D eigenvalue weighted by Gasteiger charge is -2.33. The fourth-order valence-electron chi connectivity index (χ4n) is 10.4. The highest BCUT2D eigenvalue weighted by Crippen LogP contribution is 2.54. The highest BCUT2D eigenvalue weighted by atomic mass is 16.6. The molecule has 5 aromatic rings. The van der Waals surface area contributed by atoms with Crippen molar-refractivity contribution in [1.29, 1.82) is 0 Å². The lowest BCUT2D eigenvalue weighted by atomic mass is 9.72. The summed E-state index contributed by atoms with van der Waals surface area (Å²) in [6, 6.07) is 17.6. The van der Waals surface area contributed by atoms with Gasteiger partial charge in [-0.05, 0) is 142 Å². The Morgan fingerprint density at radius 3 is 1.80 bits per heavy atom. The molecule has 1 aliphatic heterocycles. The summed E-state index contributed by atoms with van der Waals surface area (Å²) in [6.45, 7) is 4.18. The number of esters is 1. The van der Waals surface area contributed by atoms with Crippen LogP contribution in [0.3, 0.4) is 0 Å². The minimum Gasteiger partial charge on any atom is -0.493 e. The van der Waals surface area contributed by atoms with Crippen LogP contribution in [0.4, 0.5) is 0 Å². The van der Waals surface area contributed by atoms with Crippen LogP contribution in [0.1, 0.15) is 95.4 Å². The van der Waals surface area contributed by atoms with Gasteiger partial charge in [0.2, 0.25) is 11.5 Å². The normalized spacial score (nSPS) is 16.2. The maximum Gasteiger partial charge on any atom is 0.330 e. The molecule has 24 heteroatoms. The first kappa shape index (κ1) is 72.5. The number of ether oxygens (including phenoxy) is 12. The van der Waals surface area contributed by atoms with Crippen LogP contribution < -0.4 is 42.6 Å². The van der Waals surface area contributed by atoms with Gasteiger partial charge in [0.15, 0.2) is 57.9 Å². The Bertz CT molecular complexity index is 3170. The number of hydrogen-bond acceptors (Lipinski definition) is 24. The molecule has 0 saturated carbocycles. The third kappa shape index (κ3) is 20.0. The van der Waals surface area contributed by atoms with Gasteiger partial charge in [0.1, 0.15) is 38.8 Å². The Morgan fingerprint density at radius 1 is 0.571 bits per heavy atom. The standard InChI is InChI=1S/C67H86O24/c1-37(72)29-84-35-51(77)22-46-24-58(90-64-48(26-69)16-42(19-56(64)81-7)10-15-60(78)88-32-40(4)75)66(89-33-41(5)76)67(83-9)62(46)61(44-11-14-54(55(23-44)80-6)87-31-39(3)74)52-36-85-34-50(52)18-43-17-49(27-70)65(57(20-43)82-8)91-59(28-71)63(79)45-12-13-53(47(21-45)25-68)86-30-38(2)73/h10-17,19-21,23-24,37-41,50,52,59,61,68-76H,18,22,25-36H2,1-9H3. The maximum atomic E-state index is 14.4. The van der Waals surface area contributed by atoms with E-state index in [2.05, 4.69) is 0 Å². The summed E-state index contributed by atoms with van der Waals surface area (Å²) in [5.41, 5.74) is 3.09. The van der Waals surface area contributed by atoms with Gasteiger partial charge in [-0.2, -0.15) is 0 Å². The Morgan fingerprint density at radius 2 is 1.19 bits per heavy atom. The average Bonchev–Trinajstić information content (AvgIpc) is 1.69. The van der Waals surface area contributed by atoms with Gasteiger partial charge in [-0.3, -0.25) is 9.59 Å². The molecule has 9 N–H and O–H groups in total. The molecular weight excluding hydrogens is 1190 g/mol. The minimum absolute atomic E-state index is 0.00133. The third-order valence-electron chi connectivity index (χ3n) is 14.5. The van der Waals surface area contributed by atoms with Crippen LogP contribution in [-0.2, 0) is 56.5 Å². The topological polar surface area (TPSA) is 344 Å². The van der Waals surface area contributed by atoms with Gasteiger partial charge in [-0.1, -0.05) is 6.07 Å². The van der Waals surface area contributed by atoms with E-state index in [4.69, 9.17) is 56.8 Å². The van der Waals surface area contributed by atoms with E-state index in [1.807, 2.05) is 0 Å². The Hall–Kier alpha value is -7.59. The second-order valence-corrected chi connectivity index (χ2v) is 22.3. The van der Waals surface area contributed by atoms with Crippen molar-refractivity contribution in [2.45, 2.75) is 110 Å². The van der Waals surface area contributed by atoms with Crippen LogP contribution in [0, 0.1) is 11.8 Å². The molecule has 91 heavy (non-hydrogen) atoms. The first-order valence-corrected chi connectivity index (χ1v) is 29.7. The van der Waals surface area contributed by atoms with Crippen molar-refractivity contribution >= 4 is 23.6 Å². The number of aliphatic hydroxyl groups is 9. The van der Waals surface area contributed by atoms with Gasteiger partial charge >= 0.3 is 5.97 Å². The quantitative estimate of drug-likeness (QED) is 0.0143. The monoisotopic (exact) mass is 1270 g/mol.